The molecule has 1 N–H and O–H groups in total. The number of benzene rings is 1. The molecule has 2 fully saturated rings. The van der Waals surface area contributed by atoms with E-state index in [0.29, 0.717) is 13.2 Å². The van der Waals surface area contributed by atoms with Gasteiger partial charge in [0.15, 0.2) is 0 Å². The van der Waals surface area contributed by atoms with Gasteiger partial charge in [-0.2, -0.15) is 0 Å². The van der Waals surface area contributed by atoms with Crippen LogP contribution in [0.3, 0.4) is 0 Å². The molecule has 2 heterocycles. The highest BCUT2D eigenvalue weighted by molar-refractivity contribution is 5.84. The second-order valence-electron chi connectivity index (χ2n) is 6.04. The van der Waals surface area contributed by atoms with Gasteiger partial charge in [-0.15, -0.1) is 0 Å². The molecule has 0 radical (unpaired) electrons. The van der Waals surface area contributed by atoms with Crippen LogP contribution in [0.1, 0.15) is 25.3 Å². The minimum Gasteiger partial charge on any atom is -0.373 e. The standard InChI is InChI=1S/C16H22N2O2/c1-16(8-5-9-20-16)11-18-12-17-14(15(18)19)10-13-6-3-2-4-7-13/h2-4,6-7,14,17H,5,8-12H2,1H3. The zero-order valence-electron chi connectivity index (χ0n) is 12.0. The van der Waals surface area contributed by atoms with Crippen molar-refractivity contribution < 1.29 is 9.53 Å². The predicted molar refractivity (Wildman–Crippen MR) is 77.2 cm³/mol. The molecule has 20 heavy (non-hydrogen) atoms. The van der Waals surface area contributed by atoms with E-state index in [4.69, 9.17) is 4.74 Å². The molecular weight excluding hydrogens is 252 g/mol. The van der Waals surface area contributed by atoms with Crippen molar-refractivity contribution in [1.82, 2.24) is 10.2 Å². The molecule has 2 saturated heterocycles. The molecule has 0 aliphatic carbocycles. The number of carbonyl (C=O) groups excluding carboxylic acids is 1. The monoisotopic (exact) mass is 274 g/mol. The van der Waals surface area contributed by atoms with Crippen molar-refractivity contribution in [3.63, 3.8) is 0 Å². The molecule has 1 aromatic carbocycles. The van der Waals surface area contributed by atoms with E-state index in [0.717, 1.165) is 25.9 Å². The summed E-state index contributed by atoms with van der Waals surface area (Å²) in [5.74, 6) is 0.200. The summed E-state index contributed by atoms with van der Waals surface area (Å²) in [5, 5.41) is 3.32. The summed E-state index contributed by atoms with van der Waals surface area (Å²) >= 11 is 0. The van der Waals surface area contributed by atoms with E-state index in [-0.39, 0.29) is 17.6 Å². The van der Waals surface area contributed by atoms with E-state index in [1.807, 2.05) is 23.1 Å². The highest BCUT2D eigenvalue weighted by Crippen LogP contribution is 2.27. The minimum atomic E-state index is -0.154. The summed E-state index contributed by atoms with van der Waals surface area (Å²) < 4.78 is 5.78. The van der Waals surface area contributed by atoms with Gasteiger partial charge in [-0.25, -0.2) is 0 Å². The SMILES string of the molecule is CC1(CN2CNC(Cc3ccccc3)C2=O)CCCO1. The fourth-order valence-corrected chi connectivity index (χ4v) is 3.11. The van der Waals surface area contributed by atoms with Crippen LogP contribution >= 0.6 is 0 Å². The lowest BCUT2D eigenvalue weighted by molar-refractivity contribution is -0.132. The van der Waals surface area contributed by atoms with Crippen LogP contribution < -0.4 is 5.32 Å². The summed E-state index contributed by atoms with van der Waals surface area (Å²) in [4.78, 5) is 14.3. The van der Waals surface area contributed by atoms with Crippen LogP contribution in [0.2, 0.25) is 0 Å². The van der Waals surface area contributed by atoms with Crippen molar-refractivity contribution in [2.75, 3.05) is 19.8 Å². The van der Waals surface area contributed by atoms with Gasteiger partial charge in [0.25, 0.3) is 0 Å². The fourth-order valence-electron chi connectivity index (χ4n) is 3.11. The molecule has 0 aromatic heterocycles. The quantitative estimate of drug-likeness (QED) is 0.906. The van der Waals surface area contributed by atoms with Crippen LogP contribution in [0.25, 0.3) is 0 Å². The van der Waals surface area contributed by atoms with E-state index in [2.05, 4.69) is 24.4 Å². The van der Waals surface area contributed by atoms with Gasteiger partial charge in [-0.05, 0) is 31.7 Å². The van der Waals surface area contributed by atoms with Crippen molar-refractivity contribution in [2.24, 2.45) is 0 Å². The van der Waals surface area contributed by atoms with Crippen LogP contribution in [0.15, 0.2) is 30.3 Å². The molecule has 0 bridgehead atoms. The summed E-state index contributed by atoms with van der Waals surface area (Å²) in [6, 6.07) is 10.1. The Bertz CT molecular complexity index is 469. The average Bonchev–Trinajstić information content (AvgIpc) is 3.01. The first-order valence-electron chi connectivity index (χ1n) is 7.36. The Morgan fingerprint density at radius 3 is 2.90 bits per heavy atom. The Morgan fingerprint density at radius 1 is 1.40 bits per heavy atom. The second-order valence-corrected chi connectivity index (χ2v) is 6.04. The Morgan fingerprint density at radius 2 is 2.20 bits per heavy atom. The lowest BCUT2D eigenvalue weighted by Crippen LogP contribution is -2.42. The van der Waals surface area contributed by atoms with Crippen molar-refractivity contribution >= 4 is 5.91 Å². The molecule has 4 heteroatoms. The first-order chi connectivity index (χ1) is 9.66. The maximum absolute atomic E-state index is 12.4. The molecule has 1 aromatic rings. The zero-order chi connectivity index (χ0) is 14.0. The lowest BCUT2D eigenvalue weighted by Gasteiger charge is -2.28. The van der Waals surface area contributed by atoms with Crippen LogP contribution in [0.5, 0.6) is 0 Å². The Labute approximate surface area is 120 Å². The van der Waals surface area contributed by atoms with Crippen LogP contribution in [0, 0.1) is 0 Å². The number of nitrogens with one attached hydrogen (secondary N) is 1. The highest BCUT2D eigenvalue weighted by atomic mass is 16.5. The first-order valence-corrected chi connectivity index (χ1v) is 7.36. The second kappa shape index (κ2) is 5.54. The number of hydrogen-bond acceptors (Lipinski definition) is 3. The number of ether oxygens (including phenoxy) is 1. The van der Waals surface area contributed by atoms with Gasteiger partial charge in [-0.3, -0.25) is 10.1 Å². The molecule has 4 nitrogen and oxygen atoms in total. The third kappa shape index (κ3) is 2.86. The predicted octanol–water partition coefficient (Wildman–Crippen LogP) is 1.56. The van der Waals surface area contributed by atoms with Gasteiger partial charge < -0.3 is 9.64 Å². The third-order valence-electron chi connectivity index (χ3n) is 4.25. The molecule has 2 unspecified atom stereocenters. The number of amides is 1. The largest absolute Gasteiger partial charge is 0.373 e. The molecule has 108 valence electrons. The smallest absolute Gasteiger partial charge is 0.241 e. The Balaban J connectivity index is 1.59. The van der Waals surface area contributed by atoms with Crippen molar-refractivity contribution in [3.05, 3.63) is 35.9 Å². The minimum absolute atomic E-state index is 0.0950. The van der Waals surface area contributed by atoms with E-state index >= 15 is 0 Å². The summed E-state index contributed by atoms with van der Waals surface area (Å²) in [6.45, 7) is 4.26. The maximum Gasteiger partial charge on any atom is 0.241 e. The summed E-state index contributed by atoms with van der Waals surface area (Å²) in [6.07, 6.45) is 2.90. The molecule has 2 aliphatic rings. The van der Waals surface area contributed by atoms with Gasteiger partial charge in [0.05, 0.1) is 24.9 Å². The van der Waals surface area contributed by atoms with Crippen LogP contribution in [-0.4, -0.2) is 42.3 Å². The van der Waals surface area contributed by atoms with Crippen molar-refractivity contribution in [3.8, 4) is 0 Å². The summed E-state index contributed by atoms with van der Waals surface area (Å²) in [5.41, 5.74) is 1.04. The molecule has 2 atom stereocenters. The van der Waals surface area contributed by atoms with E-state index in [9.17, 15) is 4.79 Å². The molecular formula is C16H22N2O2. The van der Waals surface area contributed by atoms with Crippen LogP contribution in [0.4, 0.5) is 0 Å². The van der Waals surface area contributed by atoms with Gasteiger partial charge in [0, 0.05) is 6.61 Å². The van der Waals surface area contributed by atoms with Gasteiger partial charge in [0.2, 0.25) is 5.91 Å². The highest BCUT2D eigenvalue weighted by Gasteiger charge is 2.38. The van der Waals surface area contributed by atoms with Gasteiger partial charge in [0.1, 0.15) is 0 Å². The van der Waals surface area contributed by atoms with E-state index in [1.165, 1.54) is 5.56 Å². The average molecular weight is 274 g/mol. The summed E-state index contributed by atoms with van der Waals surface area (Å²) in [7, 11) is 0. The molecule has 0 spiro atoms. The van der Waals surface area contributed by atoms with Crippen molar-refractivity contribution in [2.45, 2.75) is 37.8 Å². The normalized spacial score (nSPS) is 30.1. The molecule has 2 aliphatic heterocycles. The van der Waals surface area contributed by atoms with E-state index < -0.39 is 0 Å². The van der Waals surface area contributed by atoms with Crippen molar-refractivity contribution in [1.29, 1.82) is 0 Å². The maximum atomic E-state index is 12.4. The fraction of sp³-hybridized carbons (Fsp3) is 0.562. The van der Waals surface area contributed by atoms with Gasteiger partial charge >= 0.3 is 0 Å². The first kappa shape index (κ1) is 13.6. The molecule has 3 rings (SSSR count). The zero-order valence-corrected chi connectivity index (χ0v) is 12.0. The number of rotatable bonds is 4. The molecule has 0 saturated carbocycles. The van der Waals surface area contributed by atoms with Crippen LogP contribution in [-0.2, 0) is 16.0 Å². The third-order valence-corrected chi connectivity index (χ3v) is 4.25. The Hall–Kier alpha value is -1.39. The number of nitrogens with zero attached hydrogens (tertiary/aromatic N) is 1. The topological polar surface area (TPSA) is 41.6 Å². The van der Waals surface area contributed by atoms with Gasteiger partial charge in [-0.1, -0.05) is 30.3 Å². The number of hydrogen-bond donors (Lipinski definition) is 1. The Kier molecular flexibility index (Phi) is 3.76. The number of carbonyl (C=O) groups is 1. The molecule has 1 amide bonds. The van der Waals surface area contributed by atoms with E-state index in [1.54, 1.807) is 0 Å². The lowest BCUT2D eigenvalue weighted by atomic mass is 10.0.